The number of hydrogen-bond donors (Lipinski definition) is 1. The van der Waals surface area contributed by atoms with Gasteiger partial charge >= 0.3 is 0 Å². The minimum absolute atomic E-state index is 0.640. The van der Waals surface area contributed by atoms with E-state index in [-0.39, 0.29) is 0 Å². The number of hydrogen-bond acceptors (Lipinski definition) is 2. The summed E-state index contributed by atoms with van der Waals surface area (Å²) in [6.07, 6.45) is 5.27. The standard InChI is InChI=1S/C15H20Cl2N2/c16-12-6-5-11(9-13(12)17)10-19-8-2-4-15(19)14-3-1-7-18-14/h5-6,9,14-15,18H,1-4,7-8,10H2. The van der Waals surface area contributed by atoms with E-state index in [9.17, 15) is 0 Å². The summed E-state index contributed by atoms with van der Waals surface area (Å²) in [7, 11) is 0. The lowest BCUT2D eigenvalue weighted by Gasteiger charge is -2.29. The Balaban J connectivity index is 1.69. The molecule has 2 heterocycles. The lowest BCUT2D eigenvalue weighted by atomic mass is 10.0. The highest BCUT2D eigenvalue weighted by atomic mass is 35.5. The van der Waals surface area contributed by atoms with Crippen LogP contribution in [0.1, 0.15) is 31.2 Å². The van der Waals surface area contributed by atoms with Gasteiger partial charge in [-0.3, -0.25) is 4.90 Å². The van der Waals surface area contributed by atoms with Crippen LogP contribution in [0.15, 0.2) is 18.2 Å². The van der Waals surface area contributed by atoms with E-state index in [0.29, 0.717) is 22.1 Å². The van der Waals surface area contributed by atoms with Crippen molar-refractivity contribution in [2.75, 3.05) is 13.1 Å². The van der Waals surface area contributed by atoms with Crippen molar-refractivity contribution in [3.8, 4) is 0 Å². The molecule has 2 aliphatic rings. The molecule has 1 aromatic carbocycles. The van der Waals surface area contributed by atoms with E-state index in [0.717, 1.165) is 6.54 Å². The summed E-state index contributed by atoms with van der Waals surface area (Å²) in [5.74, 6) is 0. The number of halogens is 2. The Kier molecular flexibility index (Phi) is 4.33. The third-order valence-corrected chi connectivity index (χ3v) is 5.09. The van der Waals surface area contributed by atoms with Crippen LogP contribution in [-0.4, -0.2) is 30.1 Å². The Bertz CT molecular complexity index is 444. The van der Waals surface area contributed by atoms with E-state index in [1.807, 2.05) is 12.1 Å². The van der Waals surface area contributed by atoms with Crippen molar-refractivity contribution < 1.29 is 0 Å². The summed E-state index contributed by atoms with van der Waals surface area (Å²) in [5.41, 5.74) is 1.26. The van der Waals surface area contributed by atoms with Gasteiger partial charge in [-0.25, -0.2) is 0 Å². The Morgan fingerprint density at radius 1 is 1.16 bits per heavy atom. The number of rotatable bonds is 3. The molecule has 0 saturated carbocycles. The topological polar surface area (TPSA) is 15.3 Å². The maximum absolute atomic E-state index is 6.10. The first-order valence-electron chi connectivity index (χ1n) is 7.15. The number of nitrogens with zero attached hydrogens (tertiary/aromatic N) is 1. The lowest BCUT2D eigenvalue weighted by Crippen LogP contribution is -2.43. The van der Waals surface area contributed by atoms with Gasteiger partial charge in [-0.05, 0) is 56.5 Å². The van der Waals surface area contributed by atoms with Crippen LogP contribution in [-0.2, 0) is 6.54 Å². The van der Waals surface area contributed by atoms with Crippen molar-refractivity contribution in [2.45, 2.75) is 44.3 Å². The van der Waals surface area contributed by atoms with Gasteiger partial charge in [-0.2, -0.15) is 0 Å². The summed E-state index contributed by atoms with van der Waals surface area (Å²) in [6.45, 7) is 3.37. The first kappa shape index (κ1) is 13.7. The SMILES string of the molecule is Clc1ccc(CN2CCCC2C2CCCN2)cc1Cl. The maximum atomic E-state index is 6.10. The first-order valence-corrected chi connectivity index (χ1v) is 7.91. The van der Waals surface area contributed by atoms with Gasteiger partial charge in [-0.1, -0.05) is 29.3 Å². The van der Waals surface area contributed by atoms with Gasteiger partial charge in [0.05, 0.1) is 10.0 Å². The van der Waals surface area contributed by atoms with E-state index in [1.54, 1.807) is 0 Å². The van der Waals surface area contributed by atoms with Crippen LogP contribution in [0.5, 0.6) is 0 Å². The fraction of sp³-hybridized carbons (Fsp3) is 0.600. The number of nitrogens with one attached hydrogen (secondary N) is 1. The maximum Gasteiger partial charge on any atom is 0.0595 e. The van der Waals surface area contributed by atoms with E-state index in [2.05, 4.69) is 16.3 Å². The van der Waals surface area contributed by atoms with E-state index < -0.39 is 0 Å². The van der Waals surface area contributed by atoms with Gasteiger partial charge in [0.1, 0.15) is 0 Å². The van der Waals surface area contributed by atoms with Crippen molar-refractivity contribution >= 4 is 23.2 Å². The van der Waals surface area contributed by atoms with Crippen LogP contribution in [0, 0.1) is 0 Å². The molecule has 1 N–H and O–H groups in total. The first-order chi connectivity index (χ1) is 9.24. The van der Waals surface area contributed by atoms with Crippen molar-refractivity contribution in [1.82, 2.24) is 10.2 Å². The molecule has 1 aromatic rings. The highest BCUT2D eigenvalue weighted by Gasteiger charge is 2.32. The molecule has 2 aliphatic heterocycles. The highest BCUT2D eigenvalue weighted by Crippen LogP contribution is 2.28. The molecule has 2 nitrogen and oxygen atoms in total. The van der Waals surface area contributed by atoms with Gasteiger partial charge in [0, 0.05) is 18.6 Å². The van der Waals surface area contributed by atoms with Crippen LogP contribution < -0.4 is 5.32 Å². The molecule has 19 heavy (non-hydrogen) atoms. The van der Waals surface area contributed by atoms with E-state index in [4.69, 9.17) is 23.2 Å². The molecular formula is C15H20Cl2N2. The fourth-order valence-electron chi connectivity index (χ4n) is 3.42. The third-order valence-electron chi connectivity index (χ3n) is 4.35. The van der Waals surface area contributed by atoms with Crippen molar-refractivity contribution in [3.63, 3.8) is 0 Å². The molecule has 2 atom stereocenters. The van der Waals surface area contributed by atoms with E-state index in [1.165, 1.54) is 44.3 Å². The zero-order chi connectivity index (χ0) is 13.2. The molecule has 2 unspecified atom stereocenters. The van der Waals surface area contributed by atoms with Crippen LogP contribution in [0.4, 0.5) is 0 Å². The largest absolute Gasteiger partial charge is 0.312 e. The second-order valence-electron chi connectivity index (χ2n) is 5.63. The Hall–Kier alpha value is -0.280. The van der Waals surface area contributed by atoms with Gasteiger partial charge in [0.25, 0.3) is 0 Å². The average molecular weight is 299 g/mol. The van der Waals surface area contributed by atoms with E-state index >= 15 is 0 Å². The molecule has 0 amide bonds. The molecule has 4 heteroatoms. The van der Waals surface area contributed by atoms with Gasteiger partial charge in [0.2, 0.25) is 0 Å². The fourth-order valence-corrected chi connectivity index (χ4v) is 3.74. The predicted octanol–water partition coefficient (Wildman–Crippen LogP) is 3.71. The molecule has 0 aromatic heterocycles. The minimum Gasteiger partial charge on any atom is -0.312 e. The summed E-state index contributed by atoms with van der Waals surface area (Å²) in [4.78, 5) is 2.60. The zero-order valence-electron chi connectivity index (χ0n) is 11.0. The van der Waals surface area contributed by atoms with Crippen LogP contribution in [0.3, 0.4) is 0 Å². The molecular weight excluding hydrogens is 279 g/mol. The van der Waals surface area contributed by atoms with Crippen molar-refractivity contribution in [1.29, 1.82) is 0 Å². The minimum atomic E-state index is 0.640. The second kappa shape index (κ2) is 6.01. The predicted molar refractivity (Wildman–Crippen MR) is 80.9 cm³/mol. The highest BCUT2D eigenvalue weighted by molar-refractivity contribution is 6.42. The van der Waals surface area contributed by atoms with Gasteiger partial charge in [-0.15, -0.1) is 0 Å². The van der Waals surface area contributed by atoms with Crippen molar-refractivity contribution in [3.05, 3.63) is 33.8 Å². The third kappa shape index (κ3) is 3.08. The molecule has 0 radical (unpaired) electrons. The zero-order valence-corrected chi connectivity index (χ0v) is 12.6. The van der Waals surface area contributed by atoms with Gasteiger partial charge < -0.3 is 5.32 Å². The second-order valence-corrected chi connectivity index (χ2v) is 6.45. The molecule has 104 valence electrons. The Morgan fingerprint density at radius 3 is 2.79 bits per heavy atom. The normalized spacial score (nSPS) is 28.1. The summed E-state index contributed by atoms with van der Waals surface area (Å²) in [6, 6.07) is 7.37. The smallest absolute Gasteiger partial charge is 0.0595 e. The van der Waals surface area contributed by atoms with Crippen LogP contribution >= 0.6 is 23.2 Å². The summed E-state index contributed by atoms with van der Waals surface area (Å²) in [5, 5.41) is 4.95. The number of benzene rings is 1. The Labute approximate surface area is 125 Å². The van der Waals surface area contributed by atoms with Gasteiger partial charge in [0.15, 0.2) is 0 Å². The van der Waals surface area contributed by atoms with Crippen LogP contribution in [0.25, 0.3) is 0 Å². The molecule has 0 aliphatic carbocycles. The summed E-state index contributed by atoms with van der Waals surface area (Å²) >= 11 is 12.1. The quantitative estimate of drug-likeness (QED) is 0.915. The average Bonchev–Trinajstić information content (AvgIpc) is 3.04. The monoisotopic (exact) mass is 298 g/mol. The molecule has 2 saturated heterocycles. The molecule has 2 fully saturated rings. The summed E-state index contributed by atoms with van der Waals surface area (Å²) < 4.78 is 0. The van der Waals surface area contributed by atoms with Crippen LogP contribution in [0.2, 0.25) is 10.0 Å². The molecule has 0 spiro atoms. The van der Waals surface area contributed by atoms with Crippen molar-refractivity contribution in [2.24, 2.45) is 0 Å². The number of likely N-dealkylation sites (tertiary alicyclic amines) is 1. The molecule has 3 rings (SSSR count). The Morgan fingerprint density at radius 2 is 2.05 bits per heavy atom. The lowest BCUT2D eigenvalue weighted by molar-refractivity contribution is 0.206. The molecule has 0 bridgehead atoms.